The van der Waals surface area contributed by atoms with Crippen molar-refractivity contribution < 1.29 is 14.3 Å². The number of methoxy groups -OCH3 is 1. The van der Waals surface area contributed by atoms with Gasteiger partial charge in [-0.2, -0.15) is 0 Å². The van der Waals surface area contributed by atoms with Crippen molar-refractivity contribution in [1.29, 1.82) is 0 Å². The Kier molecular flexibility index (Phi) is 7.80. The maximum Gasteiger partial charge on any atom is 0.253 e. The van der Waals surface area contributed by atoms with Crippen LogP contribution in [0.2, 0.25) is 0 Å². The molecule has 1 heterocycles. The zero-order chi connectivity index (χ0) is 25.0. The molecule has 0 spiro atoms. The molecule has 1 saturated carbocycles. The second kappa shape index (κ2) is 10.8. The molecule has 35 heavy (non-hydrogen) atoms. The van der Waals surface area contributed by atoms with Crippen LogP contribution in [0, 0.1) is 5.92 Å². The van der Waals surface area contributed by atoms with Crippen LogP contribution < -0.4 is 10.1 Å². The molecule has 2 fully saturated rings. The van der Waals surface area contributed by atoms with Crippen LogP contribution in [0.5, 0.6) is 5.75 Å². The third-order valence-corrected chi connectivity index (χ3v) is 7.44. The number of anilines is 1. The van der Waals surface area contributed by atoms with Crippen LogP contribution in [-0.2, 0) is 10.2 Å². The minimum absolute atomic E-state index is 0.0442. The van der Waals surface area contributed by atoms with Gasteiger partial charge in [-0.05, 0) is 54.0 Å². The van der Waals surface area contributed by atoms with Gasteiger partial charge in [0.25, 0.3) is 5.91 Å². The van der Waals surface area contributed by atoms with Crippen LogP contribution in [0.1, 0.15) is 62.4 Å². The molecular formula is C29H39N3O3. The van der Waals surface area contributed by atoms with E-state index in [-0.39, 0.29) is 23.3 Å². The average Bonchev–Trinajstić information content (AvgIpc) is 3.38. The summed E-state index contributed by atoms with van der Waals surface area (Å²) in [4.78, 5) is 30.8. The highest BCUT2D eigenvalue weighted by Crippen LogP contribution is 2.32. The van der Waals surface area contributed by atoms with Crippen LogP contribution in [0.4, 0.5) is 5.69 Å². The lowest BCUT2D eigenvalue weighted by molar-refractivity contribution is -0.123. The van der Waals surface area contributed by atoms with Gasteiger partial charge >= 0.3 is 0 Å². The van der Waals surface area contributed by atoms with E-state index in [0.717, 1.165) is 29.8 Å². The van der Waals surface area contributed by atoms with Crippen molar-refractivity contribution in [2.75, 3.05) is 38.6 Å². The number of carbonyl (C=O) groups is 2. The van der Waals surface area contributed by atoms with Crippen molar-refractivity contribution in [3.05, 3.63) is 59.7 Å². The lowest BCUT2D eigenvalue weighted by Gasteiger charge is -2.40. The standard InChI is InChI=1S/C29H39N3O3/c1-29(2,3)23-14-12-22(13-15-23)28(34)32-18-16-31(17-19-32)26(21-8-5-6-9-21)27(33)30-24-10-7-11-25(20-24)35-4/h7,10-15,20-21,26H,5-6,8-9,16-19H2,1-4H3,(H,30,33). The largest absolute Gasteiger partial charge is 0.497 e. The molecule has 2 aromatic rings. The van der Waals surface area contributed by atoms with Crippen molar-refractivity contribution in [3.63, 3.8) is 0 Å². The number of piperazine rings is 1. The number of rotatable bonds is 6. The lowest BCUT2D eigenvalue weighted by Crippen LogP contribution is -2.56. The Morgan fingerprint density at radius 3 is 2.23 bits per heavy atom. The maximum atomic E-state index is 13.5. The van der Waals surface area contributed by atoms with Gasteiger partial charge < -0.3 is 15.0 Å². The summed E-state index contributed by atoms with van der Waals surface area (Å²) in [6.45, 7) is 9.21. The Balaban J connectivity index is 1.41. The zero-order valence-electron chi connectivity index (χ0n) is 21.5. The summed E-state index contributed by atoms with van der Waals surface area (Å²) in [5.41, 5.74) is 2.77. The number of carbonyl (C=O) groups excluding carboxylic acids is 2. The molecule has 0 aromatic heterocycles. The molecule has 6 nitrogen and oxygen atoms in total. The number of ether oxygens (including phenoxy) is 1. The van der Waals surface area contributed by atoms with E-state index in [9.17, 15) is 9.59 Å². The van der Waals surface area contributed by atoms with E-state index in [1.165, 1.54) is 18.4 Å². The number of amides is 2. The fraction of sp³-hybridized carbons (Fsp3) is 0.517. The predicted octanol–water partition coefficient (Wildman–Crippen LogP) is 4.95. The van der Waals surface area contributed by atoms with Crippen molar-refractivity contribution in [3.8, 4) is 5.75 Å². The Bertz CT molecular complexity index is 1010. The molecule has 0 radical (unpaired) electrons. The molecule has 1 saturated heterocycles. The Labute approximate surface area is 209 Å². The van der Waals surface area contributed by atoms with Gasteiger partial charge in [0.1, 0.15) is 5.75 Å². The SMILES string of the molecule is COc1cccc(NC(=O)C(C2CCCC2)N2CCN(C(=O)c3ccc(C(C)(C)C)cc3)CC2)c1. The van der Waals surface area contributed by atoms with E-state index < -0.39 is 0 Å². The first kappa shape index (κ1) is 25.2. The molecule has 6 heteroatoms. The van der Waals surface area contributed by atoms with Crippen LogP contribution >= 0.6 is 0 Å². The highest BCUT2D eigenvalue weighted by Gasteiger charge is 2.37. The van der Waals surface area contributed by atoms with E-state index in [1.54, 1.807) is 7.11 Å². The lowest BCUT2D eigenvalue weighted by atomic mass is 9.86. The summed E-state index contributed by atoms with van der Waals surface area (Å²) in [6.07, 6.45) is 4.51. The molecule has 4 rings (SSSR count). The van der Waals surface area contributed by atoms with E-state index >= 15 is 0 Å². The van der Waals surface area contributed by atoms with Gasteiger partial charge in [-0.15, -0.1) is 0 Å². The summed E-state index contributed by atoms with van der Waals surface area (Å²) in [6, 6.07) is 15.3. The number of nitrogens with zero attached hydrogens (tertiary/aromatic N) is 2. The van der Waals surface area contributed by atoms with E-state index in [4.69, 9.17) is 4.74 Å². The summed E-state index contributed by atoms with van der Waals surface area (Å²) in [5.74, 6) is 1.20. The third kappa shape index (κ3) is 6.04. The van der Waals surface area contributed by atoms with Crippen molar-refractivity contribution in [2.45, 2.75) is 57.9 Å². The molecule has 1 N–H and O–H groups in total. The molecular weight excluding hydrogens is 438 g/mol. The fourth-order valence-electron chi connectivity index (χ4n) is 5.37. The Morgan fingerprint density at radius 1 is 0.971 bits per heavy atom. The molecule has 1 aliphatic heterocycles. The predicted molar refractivity (Wildman–Crippen MR) is 140 cm³/mol. The van der Waals surface area contributed by atoms with Gasteiger partial charge in [0.15, 0.2) is 0 Å². The minimum atomic E-state index is -0.174. The zero-order valence-corrected chi connectivity index (χ0v) is 21.5. The smallest absolute Gasteiger partial charge is 0.253 e. The van der Waals surface area contributed by atoms with E-state index in [2.05, 4.69) is 43.1 Å². The highest BCUT2D eigenvalue weighted by atomic mass is 16.5. The fourth-order valence-corrected chi connectivity index (χ4v) is 5.37. The normalized spacial score (nSPS) is 18.3. The van der Waals surface area contributed by atoms with Gasteiger partial charge in [-0.1, -0.05) is 51.8 Å². The molecule has 1 unspecified atom stereocenters. The second-order valence-electron chi connectivity index (χ2n) is 10.9. The maximum absolute atomic E-state index is 13.5. The molecule has 2 aromatic carbocycles. The molecule has 2 aliphatic rings. The first-order chi connectivity index (χ1) is 16.8. The van der Waals surface area contributed by atoms with Crippen LogP contribution in [0.25, 0.3) is 0 Å². The van der Waals surface area contributed by atoms with Crippen LogP contribution in [0.3, 0.4) is 0 Å². The number of hydrogen-bond acceptors (Lipinski definition) is 4. The summed E-state index contributed by atoms with van der Waals surface area (Å²) in [7, 11) is 1.63. The van der Waals surface area contributed by atoms with Gasteiger partial charge in [0.2, 0.25) is 5.91 Å². The Hall–Kier alpha value is -2.86. The van der Waals surface area contributed by atoms with Gasteiger partial charge in [-0.25, -0.2) is 0 Å². The summed E-state index contributed by atoms with van der Waals surface area (Å²) in [5, 5.41) is 3.13. The first-order valence-electron chi connectivity index (χ1n) is 12.8. The topological polar surface area (TPSA) is 61.9 Å². The van der Waals surface area contributed by atoms with Crippen molar-refractivity contribution in [1.82, 2.24) is 9.80 Å². The quantitative estimate of drug-likeness (QED) is 0.640. The number of benzene rings is 2. The highest BCUT2D eigenvalue weighted by molar-refractivity contribution is 5.96. The van der Waals surface area contributed by atoms with Gasteiger partial charge in [0, 0.05) is 43.5 Å². The van der Waals surface area contributed by atoms with E-state index in [0.29, 0.717) is 32.1 Å². The average molecular weight is 478 g/mol. The molecule has 188 valence electrons. The van der Waals surface area contributed by atoms with Crippen LogP contribution in [0.15, 0.2) is 48.5 Å². The van der Waals surface area contributed by atoms with E-state index in [1.807, 2.05) is 41.3 Å². The monoisotopic (exact) mass is 477 g/mol. The van der Waals surface area contributed by atoms with Crippen molar-refractivity contribution >= 4 is 17.5 Å². The second-order valence-corrected chi connectivity index (χ2v) is 10.9. The van der Waals surface area contributed by atoms with Crippen molar-refractivity contribution in [2.24, 2.45) is 5.92 Å². The van der Waals surface area contributed by atoms with Gasteiger partial charge in [0.05, 0.1) is 13.2 Å². The Morgan fingerprint density at radius 2 is 1.63 bits per heavy atom. The summed E-state index contributed by atoms with van der Waals surface area (Å²) < 4.78 is 5.31. The summed E-state index contributed by atoms with van der Waals surface area (Å²) >= 11 is 0. The molecule has 0 bridgehead atoms. The third-order valence-electron chi connectivity index (χ3n) is 7.44. The first-order valence-corrected chi connectivity index (χ1v) is 12.8. The number of nitrogens with one attached hydrogen (secondary N) is 1. The minimum Gasteiger partial charge on any atom is -0.497 e. The molecule has 1 atom stereocenters. The molecule has 2 amide bonds. The van der Waals surface area contributed by atoms with Crippen LogP contribution in [-0.4, -0.2) is 60.9 Å². The molecule has 1 aliphatic carbocycles. The number of hydrogen-bond donors (Lipinski definition) is 1. The van der Waals surface area contributed by atoms with Gasteiger partial charge in [-0.3, -0.25) is 14.5 Å².